The number of carbonyl (C=O) groups is 2. The lowest BCUT2D eigenvalue weighted by Gasteiger charge is -2.13. The summed E-state index contributed by atoms with van der Waals surface area (Å²) in [5, 5.41) is 7.09. The van der Waals surface area contributed by atoms with Crippen molar-refractivity contribution in [2.75, 3.05) is 11.4 Å². The largest absolute Gasteiger partial charge is 0.329 e. The van der Waals surface area contributed by atoms with Crippen molar-refractivity contribution in [3.05, 3.63) is 53.1 Å². The molecule has 25 heavy (non-hydrogen) atoms. The van der Waals surface area contributed by atoms with Gasteiger partial charge in [-0.15, -0.1) is 10.6 Å². The Kier molecular flexibility index (Phi) is 3.75. The number of amides is 3. The lowest BCUT2D eigenvalue weighted by molar-refractivity contribution is -0.115. The Balaban J connectivity index is 1.62. The fourth-order valence-electron chi connectivity index (χ4n) is 2.71. The maximum atomic E-state index is 11.8. The number of carbonyl (C=O) groups excluding carboxylic acids is 2. The minimum Gasteiger partial charge on any atom is -0.328 e. The zero-order valence-electron chi connectivity index (χ0n) is 12.8. The Morgan fingerprint density at radius 1 is 1.04 bits per heavy atom. The van der Waals surface area contributed by atoms with E-state index < -0.39 is 6.03 Å². The molecule has 2 aromatic rings. The normalized spacial score (nSPS) is 16.4. The molecule has 0 atom stereocenters. The summed E-state index contributed by atoms with van der Waals surface area (Å²) < 4.78 is 0. The molecule has 0 bridgehead atoms. The number of nitrogens with one attached hydrogen (secondary N) is 4. The van der Waals surface area contributed by atoms with Crippen LogP contribution in [-0.2, 0) is 4.79 Å². The predicted octanol–water partition coefficient (Wildman–Crippen LogP) is 1.34. The lowest BCUT2D eigenvalue weighted by atomic mass is 10.0. The quantitative estimate of drug-likeness (QED) is 0.622. The second-order valence-electron chi connectivity index (χ2n) is 5.45. The van der Waals surface area contributed by atoms with Gasteiger partial charge in [-0.3, -0.25) is 10.2 Å². The van der Waals surface area contributed by atoms with E-state index in [0.29, 0.717) is 16.5 Å². The molecule has 2 aromatic carbocycles. The van der Waals surface area contributed by atoms with Gasteiger partial charge in [0.2, 0.25) is 0 Å². The van der Waals surface area contributed by atoms with E-state index in [9.17, 15) is 9.59 Å². The molecular formula is C16H13ClN6O2. The van der Waals surface area contributed by atoms with Crippen LogP contribution in [0, 0.1) is 0 Å². The van der Waals surface area contributed by atoms with Gasteiger partial charge in [0, 0.05) is 16.1 Å². The van der Waals surface area contributed by atoms with E-state index in [2.05, 4.69) is 26.9 Å². The molecule has 2 heterocycles. The molecule has 2 aliphatic rings. The fourth-order valence-corrected chi connectivity index (χ4v) is 3.00. The van der Waals surface area contributed by atoms with E-state index in [1.807, 2.05) is 30.3 Å². The highest BCUT2D eigenvalue weighted by molar-refractivity contribution is 6.33. The van der Waals surface area contributed by atoms with Crippen LogP contribution in [0.15, 0.2) is 47.6 Å². The predicted molar refractivity (Wildman–Crippen MR) is 93.7 cm³/mol. The van der Waals surface area contributed by atoms with Crippen molar-refractivity contribution < 1.29 is 9.59 Å². The van der Waals surface area contributed by atoms with Crippen LogP contribution in [0.4, 0.5) is 10.5 Å². The number of hydrogen-bond acceptors (Lipinski definition) is 6. The molecule has 1 fully saturated rings. The summed E-state index contributed by atoms with van der Waals surface area (Å²) in [5.41, 5.74) is 11.2. The number of urea groups is 1. The Bertz CT molecular complexity index is 880. The molecule has 126 valence electrons. The number of nitrogens with zero attached hydrogens (tertiary/aromatic N) is 2. The number of imide groups is 1. The summed E-state index contributed by atoms with van der Waals surface area (Å²) in [6, 6.07) is 12.3. The summed E-state index contributed by atoms with van der Waals surface area (Å²) >= 11 is 6.40. The second kappa shape index (κ2) is 6.08. The standard InChI is InChI=1S/C16H13ClN6O2/c17-13-7-10(15-19-21-22-20-15)3-6-12(13)9-1-4-11(5-2-9)23-14(24)8-18-16(23)25/h1-7,21-22H,8H2,(H,18,25)(H,19,20). The minimum absolute atomic E-state index is 0.0233. The molecule has 4 N–H and O–H groups in total. The number of halogens is 1. The van der Waals surface area contributed by atoms with Crippen LogP contribution in [0.2, 0.25) is 5.02 Å². The number of amidine groups is 1. The van der Waals surface area contributed by atoms with Crippen LogP contribution in [0.5, 0.6) is 0 Å². The first kappa shape index (κ1) is 15.4. The van der Waals surface area contributed by atoms with Crippen molar-refractivity contribution in [2.24, 2.45) is 5.10 Å². The molecule has 0 aliphatic carbocycles. The molecular weight excluding hydrogens is 344 g/mol. The van der Waals surface area contributed by atoms with Crippen molar-refractivity contribution in [3.63, 3.8) is 0 Å². The summed E-state index contributed by atoms with van der Waals surface area (Å²) in [6.07, 6.45) is 0. The van der Waals surface area contributed by atoms with Gasteiger partial charge in [0.1, 0.15) is 0 Å². The number of hydrazine groups is 2. The van der Waals surface area contributed by atoms with Gasteiger partial charge in [0.15, 0.2) is 5.84 Å². The molecule has 0 aromatic heterocycles. The summed E-state index contributed by atoms with van der Waals surface area (Å²) in [6.45, 7) is 0.0233. The maximum Gasteiger partial charge on any atom is 0.329 e. The van der Waals surface area contributed by atoms with Gasteiger partial charge in [0.25, 0.3) is 5.91 Å². The van der Waals surface area contributed by atoms with E-state index in [-0.39, 0.29) is 12.5 Å². The highest BCUT2D eigenvalue weighted by Gasteiger charge is 2.29. The Morgan fingerprint density at radius 2 is 1.80 bits per heavy atom. The van der Waals surface area contributed by atoms with E-state index in [1.54, 1.807) is 12.1 Å². The van der Waals surface area contributed by atoms with Crippen LogP contribution in [0.25, 0.3) is 11.1 Å². The maximum absolute atomic E-state index is 11.8. The molecule has 1 saturated heterocycles. The van der Waals surface area contributed by atoms with Crippen LogP contribution in [0.1, 0.15) is 5.56 Å². The van der Waals surface area contributed by atoms with Crippen molar-refractivity contribution in [3.8, 4) is 11.1 Å². The number of hydrazone groups is 1. The molecule has 8 nitrogen and oxygen atoms in total. The van der Waals surface area contributed by atoms with Gasteiger partial charge in [0.05, 0.1) is 12.2 Å². The van der Waals surface area contributed by atoms with Gasteiger partial charge in [-0.1, -0.05) is 35.9 Å². The third kappa shape index (κ3) is 2.77. The topological polar surface area (TPSA) is 97.9 Å². The van der Waals surface area contributed by atoms with E-state index in [0.717, 1.165) is 21.6 Å². The molecule has 0 saturated carbocycles. The van der Waals surface area contributed by atoms with Gasteiger partial charge < -0.3 is 5.32 Å². The Hall–Kier alpha value is -3.10. The average Bonchev–Trinajstić information content (AvgIpc) is 3.26. The van der Waals surface area contributed by atoms with Crippen molar-refractivity contribution >= 4 is 35.1 Å². The summed E-state index contributed by atoms with van der Waals surface area (Å²) in [5.74, 6) is 0.370. The summed E-state index contributed by atoms with van der Waals surface area (Å²) in [4.78, 5) is 24.6. The van der Waals surface area contributed by atoms with Gasteiger partial charge >= 0.3 is 6.03 Å². The van der Waals surface area contributed by atoms with Gasteiger partial charge in [-0.25, -0.2) is 15.2 Å². The van der Waals surface area contributed by atoms with Crippen LogP contribution >= 0.6 is 11.6 Å². The molecule has 2 aliphatic heterocycles. The highest BCUT2D eigenvalue weighted by Crippen LogP contribution is 2.30. The van der Waals surface area contributed by atoms with Crippen molar-refractivity contribution in [1.82, 2.24) is 21.8 Å². The zero-order valence-corrected chi connectivity index (χ0v) is 13.6. The van der Waals surface area contributed by atoms with Crippen LogP contribution in [-0.4, -0.2) is 24.3 Å². The van der Waals surface area contributed by atoms with E-state index in [1.165, 1.54) is 0 Å². The molecule has 3 amide bonds. The number of anilines is 1. The lowest BCUT2D eigenvalue weighted by Crippen LogP contribution is -2.35. The van der Waals surface area contributed by atoms with Crippen molar-refractivity contribution in [1.29, 1.82) is 0 Å². The average molecular weight is 357 g/mol. The first-order valence-corrected chi connectivity index (χ1v) is 7.86. The first-order valence-electron chi connectivity index (χ1n) is 7.48. The molecule has 0 unspecified atom stereocenters. The molecule has 0 radical (unpaired) electrons. The summed E-state index contributed by atoms with van der Waals surface area (Å²) in [7, 11) is 0. The number of benzene rings is 2. The van der Waals surface area contributed by atoms with E-state index in [4.69, 9.17) is 11.6 Å². The smallest absolute Gasteiger partial charge is 0.328 e. The Labute approximate surface area is 147 Å². The van der Waals surface area contributed by atoms with Crippen LogP contribution < -0.4 is 26.7 Å². The van der Waals surface area contributed by atoms with Gasteiger partial charge in [-0.05, 0) is 23.8 Å². The SMILES string of the molecule is O=C1CNC(=O)N1c1ccc(-c2ccc(C3=NNNN3)cc2Cl)cc1. The number of rotatable bonds is 3. The van der Waals surface area contributed by atoms with E-state index >= 15 is 0 Å². The third-order valence-corrected chi connectivity index (χ3v) is 4.24. The third-order valence-electron chi connectivity index (χ3n) is 3.93. The van der Waals surface area contributed by atoms with Crippen molar-refractivity contribution in [2.45, 2.75) is 0 Å². The van der Waals surface area contributed by atoms with Crippen LogP contribution in [0.3, 0.4) is 0 Å². The minimum atomic E-state index is -0.410. The Morgan fingerprint density at radius 3 is 2.40 bits per heavy atom. The highest BCUT2D eigenvalue weighted by atomic mass is 35.5. The van der Waals surface area contributed by atoms with Gasteiger partial charge in [-0.2, -0.15) is 0 Å². The molecule has 0 spiro atoms. The zero-order chi connectivity index (χ0) is 17.4. The fraction of sp³-hybridized carbons (Fsp3) is 0.0625. The molecule has 9 heteroatoms. The monoisotopic (exact) mass is 356 g/mol. The second-order valence-corrected chi connectivity index (χ2v) is 5.86. The number of hydrogen-bond donors (Lipinski definition) is 4. The first-order chi connectivity index (χ1) is 12.1. The molecule has 4 rings (SSSR count).